The van der Waals surface area contributed by atoms with Gasteiger partial charge in [0.15, 0.2) is 17.2 Å². The number of halogens is 1. The Balaban J connectivity index is 1.87. The van der Waals surface area contributed by atoms with Crippen LogP contribution < -0.4 is 4.74 Å². The molecule has 4 aromatic rings. The first-order valence-electron chi connectivity index (χ1n) is 11.1. The standard InChI is InChI=1S/C25H24FN5O3/c1-25(2,6-7-27)22-20(13-8-14(9-13)24(32)33)21-18(10-15-12-28-30-23(15)29-21)31(22)16-4-5-17(26)19(11-16)34-3/h4-5,10-14H,6,8-9H2,1-3H3,(H,32,33)(H,28,29,30). The molecular formula is C25H24FN5O3. The highest BCUT2D eigenvalue weighted by Crippen LogP contribution is 2.50. The van der Waals surface area contributed by atoms with Gasteiger partial charge in [0.1, 0.15) is 0 Å². The molecular weight excluding hydrogens is 437 g/mol. The largest absolute Gasteiger partial charge is 0.494 e. The molecule has 1 fully saturated rings. The number of carboxylic acid groups (broad SMARTS) is 1. The zero-order valence-electron chi connectivity index (χ0n) is 19.1. The summed E-state index contributed by atoms with van der Waals surface area (Å²) in [7, 11) is 1.42. The van der Waals surface area contributed by atoms with Gasteiger partial charge in [-0.2, -0.15) is 10.4 Å². The molecule has 3 aromatic heterocycles. The highest BCUT2D eigenvalue weighted by molar-refractivity contribution is 5.94. The number of nitrogens with zero attached hydrogens (tertiary/aromatic N) is 4. The van der Waals surface area contributed by atoms with Gasteiger partial charge in [0.2, 0.25) is 0 Å². The number of carbonyl (C=O) groups is 1. The normalized spacial score (nSPS) is 18.1. The minimum absolute atomic E-state index is 0.0203. The predicted molar refractivity (Wildman–Crippen MR) is 124 cm³/mol. The van der Waals surface area contributed by atoms with Gasteiger partial charge in [-0.15, -0.1) is 0 Å². The SMILES string of the molecule is COc1cc(-n2c(C(C)(C)CC#N)c(C3CC(C(=O)O)C3)c3nc4[nH]ncc4cc32)ccc1F. The smallest absolute Gasteiger partial charge is 0.306 e. The van der Waals surface area contributed by atoms with Gasteiger partial charge in [-0.1, -0.05) is 13.8 Å². The predicted octanol–water partition coefficient (Wildman–Crippen LogP) is 4.82. The maximum Gasteiger partial charge on any atom is 0.306 e. The second kappa shape index (κ2) is 7.83. The molecule has 0 saturated heterocycles. The molecule has 0 spiro atoms. The van der Waals surface area contributed by atoms with Crippen LogP contribution in [0.4, 0.5) is 4.39 Å². The molecule has 0 unspecified atom stereocenters. The molecule has 1 aliphatic carbocycles. The summed E-state index contributed by atoms with van der Waals surface area (Å²) in [6.45, 7) is 3.98. The van der Waals surface area contributed by atoms with Gasteiger partial charge < -0.3 is 14.4 Å². The second-order valence-corrected chi connectivity index (χ2v) is 9.50. The topological polar surface area (TPSA) is 117 Å². The highest BCUT2D eigenvalue weighted by atomic mass is 19.1. The van der Waals surface area contributed by atoms with Gasteiger partial charge in [0.05, 0.1) is 36.3 Å². The van der Waals surface area contributed by atoms with Crippen LogP contribution in [0.25, 0.3) is 27.8 Å². The number of fused-ring (bicyclic) bond motifs is 2. The summed E-state index contributed by atoms with van der Waals surface area (Å²) in [5.41, 5.74) is 4.04. The molecule has 1 aliphatic rings. The third kappa shape index (κ3) is 3.29. The molecule has 34 heavy (non-hydrogen) atoms. The lowest BCUT2D eigenvalue weighted by Gasteiger charge is -2.35. The summed E-state index contributed by atoms with van der Waals surface area (Å²) in [4.78, 5) is 16.4. The van der Waals surface area contributed by atoms with Gasteiger partial charge in [-0.3, -0.25) is 9.89 Å². The minimum Gasteiger partial charge on any atom is -0.494 e. The number of aliphatic carboxylic acids is 1. The molecule has 9 heteroatoms. The first kappa shape index (κ1) is 21.9. The van der Waals surface area contributed by atoms with Gasteiger partial charge in [-0.25, -0.2) is 9.37 Å². The van der Waals surface area contributed by atoms with Crippen molar-refractivity contribution >= 4 is 28.0 Å². The number of ether oxygens (including phenoxy) is 1. The van der Waals surface area contributed by atoms with Crippen LogP contribution in [-0.2, 0) is 10.2 Å². The van der Waals surface area contributed by atoms with Crippen LogP contribution in [0.1, 0.15) is 50.3 Å². The Bertz CT molecular complexity index is 1470. The molecule has 3 heterocycles. The molecule has 5 rings (SSSR count). The van der Waals surface area contributed by atoms with Crippen LogP contribution in [0.2, 0.25) is 0 Å². The third-order valence-corrected chi connectivity index (χ3v) is 6.83. The van der Waals surface area contributed by atoms with E-state index in [0.29, 0.717) is 24.2 Å². The average Bonchev–Trinajstić information content (AvgIpc) is 3.34. The maximum atomic E-state index is 14.3. The van der Waals surface area contributed by atoms with E-state index in [9.17, 15) is 19.6 Å². The summed E-state index contributed by atoms with van der Waals surface area (Å²) in [5, 5.41) is 26.9. The van der Waals surface area contributed by atoms with Crippen LogP contribution in [0.3, 0.4) is 0 Å². The number of aromatic nitrogens is 4. The van der Waals surface area contributed by atoms with Gasteiger partial charge in [0, 0.05) is 40.2 Å². The number of rotatable bonds is 6. The summed E-state index contributed by atoms with van der Waals surface area (Å²) in [5.74, 6) is -1.59. The summed E-state index contributed by atoms with van der Waals surface area (Å²) in [6, 6.07) is 8.92. The monoisotopic (exact) mass is 461 g/mol. The Kier molecular flexibility index (Phi) is 5.04. The van der Waals surface area contributed by atoms with Crippen LogP contribution in [0.5, 0.6) is 5.75 Å². The van der Waals surface area contributed by atoms with Crippen molar-refractivity contribution in [3.8, 4) is 17.5 Å². The Morgan fingerprint density at radius 2 is 2.15 bits per heavy atom. The van der Waals surface area contributed by atoms with E-state index in [4.69, 9.17) is 9.72 Å². The number of methoxy groups -OCH3 is 1. The molecule has 0 atom stereocenters. The number of benzene rings is 1. The van der Waals surface area contributed by atoms with E-state index in [1.807, 2.05) is 24.5 Å². The van der Waals surface area contributed by atoms with Crippen molar-refractivity contribution in [1.29, 1.82) is 5.26 Å². The van der Waals surface area contributed by atoms with E-state index in [1.165, 1.54) is 13.2 Å². The van der Waals surface area contributed by atoms with Crippen molar-refractivity contribution in [2.24, 2.45) is 5.92 Å². The molecule has 0 bridgehead atoms. The Morgan fingerprint density at radius 3 is 2.82 bits per heavy atom. The Labute approximate surface area is 195 Å². The molecule has 2 N–H and O–H groups in total. The van der Waals surface area contributed by atoms with Crippen molar-refractivity contribution in [2.45, 2.75) is 44.4 Å². The van der Waals surface area contributed by atoms with Gasteiger partial charge >= 0.3 is 5.97 Å². The molecule has 0 amide bonds. The minimum atomic E-state index is -0.801. The zero-order valence-corrected chi connectivity index (χ0v) is 19.1. The number of aromatic amines is 1. The van der Waals surface area contributed by atoms with Crippen LogP contribution in [0.15, 0.2) is 30.5 Å². The number of nitriles is 1. The van der Waals surface area contributed by atoms with Crippen LogP contribution in [0, 0.1) is 23.1 Å². The number of nitrogens with one attached hydrogen (secondary N) is 1. The zero-order chi connectivity index (χ0) is 24.2. The molecule has 1 aromatic carbocycles. The van der Waals surface area contributed by atoms with Crippen molar-refractivity contribution in [3.05, 3.63) is 47.5 Å². The highest BCUT2D eigenvalue weighted by Gasteiger charge is 2.42. The number of carboxylic acids is 1. The Hall–Kier alpha value is -3.93. The first-order chi connectivity index (χ1) is 16.2. The summed E-state index contributed by atoms with van der Waals surface area (Å²) in [6.07, 6.45) is 2.93. The molecule has 174 valence electrons. The van der Waals surface area contributed by atoms with E-state index in [2.05, 4.69) is 16.3 Å². The maximum absolute atomic E-state index is 14.3. The quantitative estimate of drug-likeness (QED) is 0.425. The lowest BCUT2D eigenvalue weighted by molar-refractivity contribution is -0.145. The fourth-order valence-electron chi connectivity index (χ4n) is 5.04. The van der Waals surface area contributed by atoms with E-state index >= 15 is 0 Å². The molecule has 0 aliphatic heterocycles. The average molecular weight is 461 g/mol. The summed E-state index contributed by atoms with van der Waals surface area (Å²) < 4.78 is 21.5. The van der Waals surface area contributed by atoms with Crippen LogP contribution in [-0.4, -0.2) is 37.9 Å². The lowest BCUT2D eigenvalue weighted by Crippen LogP contribution is -2.31. The molecule has 0 radical (unpaired) electrons. The van der Waals surface area contributed by atoms with Crippen molar-refractivity contribution in [2.75, 3.05) is 7.11 Å². The molecule has 1 saturated carbocycles. The van der Waals surface area contributed by atoms with Crippen molar-refractivity contribution in [1.82, 2.24) is 19.7 Å². The van der Waals surface area contributed by atoms with E-state index in [-0.39, 0.29) is 18.1 Å². The van der Waals surface area contributed by atoms with Crippen molar-refractivity contribution < 1.29 is 19.0 Å². The number of hydrogen-bond donors (Lipinski definition) is 2. The van der Waals surface area contributed by atoms with E-state index < -0.39 is 23.1 Å². The fourth-order valence-corrected chi connectivity index (χ4v) is 5.04. The van der Waals surface area contributed by atoms with Crippen molar-refractivity contribution in [3.63, 3.8) is 0 Å². The number of H-pyrrole nitrogens is 1. The van der Waals surface area contributed by atoms with E-state index in [1.54, 1.807) is 18.3 Å². The van der Waals surface area contributed by atoms with E-state index in [0.717, 1.165) is 27.7 Å². The summed E-state index contributed by atoms with van der Waals surface area (Å²) >= 11 is 0. The number of hydrogen-bond acceptors (Lipinski definition) is 5. The lowest BCUT2D eigenvalue weighted by atomic mass is 9.68. The third-order valence-electron chi connectivity index (χ3n) is 6.83. The first-order valence-corrected chi connectivity index (χ1v) is 11.1. The Morgan fingerprint density at radius 1 is 1.38 bits per heavy atom. The van der Waals surface area contributed by atoms with Gasteiger partial charge in [0.25, 0.3) is 0 Å². The second-order valence-electron chi connectivity index (χ2n) is 9.50. The number of pyridine rings is 1. The van der Waals surface area contributed by atoms with Crippen LogP contribution >= 0.6 is 0 Å². The fraction of sp³-hybridized carbons (Fsp3) is 0.360. The molecule has 8 nitrogen and oxygen atoms in total. The van der Waals surface area contributed by atoms with Gasteiger partial charge in [-0.05, 0) is 37.0 Å².